The molecule has 4 rings (SSSR count). The average Bonchev–Trinajstić information content (AvgIpc) is 3.14. The van der Waals surface area contributed by atoms with Gasteiger partial charge in [-0.25, -0.2) is 5.01 Å². The molecule has 1 N–H and O–H groups in total. The van der Waals surface area contributed by atoms with Crippen molar-refractivity contribution in [1.82, 2.24) is 5.01 Å². The van der Waals surface area contributed by atoms with Gasteiger partial charge in [0, 0.05) is 17.5 Å². The first-order chi connectivity index (χ1) is 12.7. The van der Waals surface area contributed by atoms with Crippen molar-refractivity contribution < 1.29 is 9.90 Å². The summed E-state index contributed by atoms with van der Waals surface area (Å²) < 4.78 is 0. The Bertz CT molecular complexity index is 952. The Balaban J connectivity index is 1.76. The Morgan fingerprint density at radius 1 is 0.885 bits per heavy atom. The maximum Gasteiger partial charge on any atom is 0.274 e. The average molecular weight is 342 g/mol. The number of amides is 1. The first-order valence-corrected chi connectivity index (χ1v) is 8.53. The fraction of sp³-hybridized carbons (Fsp3) is 0.0909. The zero-order valence-corrected chi connectivity index (χ0v) is 14.1. The first kappa shape index (κ1) is 16.1. The van der Waals surface area contributed by atoms with Crippen LogP contribution in [-0.2, 0) is 0 Å². The Morgan fingerprint density at radius 2 is 1.50 bits per heavy atom. The number of phenolic OH excluding ortho intramolecular Hbond substituents is 1. The SMILES string of the molecule is O=C(c1ccccc1)N1N=C(c2ccccc2)C[C@H]1c1ccccc1O. The Labute approximate surface area is 152 Å². The third-order valence-electron chi connectivity index (χ3n) is 4.54. The number of aromatic hydroxyl groups is 1. The predicted octanol–water partition coefficient (Wildman–Crippen LogP) is 4.38. The lowest BCUT2D eigenvalue weighted by Gasteiger charge is -2.22. The van der Waals surface area contributed by atoms with Gasteiger partial charge in [-0.1, -0.05) is 66.7 Å². The lowest BCUT2D eigenvalue weighted by molar-refractivity contribution is 0.0709. The lowest BCUT2D eigenvalue weighted by atomic mass is 9.97. The molecule has 4 heteroatoms. The molecule has 1 amide bonds. The van der Waals surface area contributed by atoms with Crippen LogP contribution in [0.25, 0.3) is 0 Å². The van der Waals surface area contributed by atoms with E-state index in [2.05, 4.69) is 5.10 Å². The van der Waals surface area contributed by atoms with E-state index < -0.39 is 0 Å². The van der Waals surface area contributed by atoms with Gasteiger partial charge in [0.1, 0.15) is 5.75 Å². The molecule has 0 saturated heterocycles. The molecule has 3 aromatic carbocycles. The van der Waals surface area contributed by atoms with Crippen LogP contribution < -0.4 is 0 Å². The van der Waals surface area contributed by atoms with Crippen LogP contribution in [0.5, 0.6) is 5.75 Å². The minimum absolute atomic E-state index is 0.174. The van der Waals surface area contributed by atoms with Gasteiger partial charge in [-0.3, -0.25) is 4.79 Å². The molecule has 4 nitrogen and oxygen atoms in total. The Kier molecular flexibility index (Phi) is 4.23. The van der Waals surface area contributed by atoms with Crippen LogP contribution in [0.2, 0.25) is 0 Å². The van der Waals surface area contributed by atoms with Crippen LogP contribution in [0, 0.1) is 0 Å². The second-order valence-corrected chi connectivity index (χ2v) is 6.21. The van der Waals surface area contributed by atoms with Gasteiger partial charge in [0.05, 0.1) is 11.8 Å². The molecule has 0 bridgehead atoms. The molecule has 0 unspecified atom stereocenters. The van der Waals surface area contributed by atoms with Gasteiger partial charge in [0.25, 0.3) is 5.91 Å². The molecule has 1 aliphatic rings. The molecule has 0 spiro atoms. The minimum Gasteiger partial charge on any atom is -0.508 e. The molecule has 0 radical (unpaired) electrons. The van der Waals surface area contributed by atoms with Crippen LogP contribution in [-0.4, -0.2) is 21.7 Å². The van der Waals surface area contributed by atoms with Crippen LogP contribution in [0.3, 0.4) is 0 Å². The van der Waals surface area contributed by atoms with Crippen LogP contribution >= 0.6 is 0 Å². The number of carbonyl (C=O) groups is 1. The summed E-state index contributed by atoms with van der Waals surface area (Å²) in [4.78, 5) is 13.1. The van der Waals surface area contributed by atoms with Crippen molar-refractivity contribution in [2.45, 2.75) is 12.5 Å². The van der Waals surface area contributed by atoms with Crippen molar-refractivity contribution in [2.24, 2.45) is 5.10 Å². The molecule has 128 valence electrons. The van der Waals surface area contributed by atoms with E-state index >= 15 is 0 Å². The summed E-state index contributed by atoms with van der Waals surface area (Å²) >= 11 is 0. The summed E-state index contributed by atoms with van der Waals surface area (Å²) in [6.45, 7) is 0. The smallest absolute Gasteiger partial charge is 0.274 e. The van der Waals surface area contributed by atoms with Gasteiger partial charge in [-0.2, -0.15) is 5.10 Å². The summed E-state index contributed by atoms with van der Waals surface area (Å²) in [6, 6.07) is 25.7. The first-order valence-electron chi connectivity index (χ1n) is 8.53. The van der Waals surface area contributed by atoms with E-state index in [4.69, 9.17) is 0 Å². The summed E-state index contributed by atoms with van der Waals surface area (Å²) in [7, 11) is 0. The standard InChI is InChI=1S/C22H18N2O2/c25-21-14-8-7-13-18(21)20-15-19(16-9-3-1-4-10-16)23-24(20)22(26)17-11-5-2-6-12-17/h1-14,20,25H,15H2/t20-/m0/s1. The summed E-state index contributed by atoms with van der Waals surface area (Å²) in [5.41, 5.74) is 3.09. The number of benzene rings is 3. The molecule has 0 saturated carbocycles. The molecule has 26 heavy (non-hydrogen) atoms. The van der Waals surface area contributed by atoms with E-state index in [0.717, 1.165) is 11.3 Å². The number of carbonyl (C=O) groups excluding carboxylic acids is 1. The molecule has 0 aliphatic carbocycles. The number of rotatable bonds is 3. The van der Waals surface area contributed by atoms with Crippen molar-refractivity contribution in [2.75, 3.05) is 0 Å². The Hall–Kier alpha value is -3.40. The highest BCUT2D eigenvalue weighted by Crippen LogP contribution is 2.37. The number of para-hydroxylation sites is 1. The van der Waals surface area contributed by atoms with Crippen LogP contribution in [0.1, 0.15) is 33.9 Å². The fourth-order valence-corrected chi connectivity index (χ4v) is 3.23. The second-order valence-electron chi connectivity index (χ2n) is 6.21. The summed E-state index contributed by atoms with van der Waals surface area (Å²) in [5, 5.41) is 16.4. The topological polar surface area (TPSA) is 52.9 Å². The molecule has 1 aliphatic heterocycles. The number of hydrazone groups is 1. The monoisotopic (exact) mass is 342 g/mol. The highest BCUT2D eigenvalue weighted by Gasteiger charge is 2.34. The lowest BCUT2D eigenvalue weighted by Crippen LogP contribution is -2.27. The van der Waals surface area contributed by atoms with Gasteiger partial charge < -0.3 is 5.11 Å². The van der Waals surface area contributed by atoms with Crippen molar-refractivity contribution in [3.8, 4) is 5.75 Å². The largest absolute Gasteiger partial charge is 0.508 e. The van der Waals surface area contributed by atoms with Gasteiger partial charge in [0.15, 0.2) is 0 Å². The molecule has 0 aromatic heterocycles. The van der Waals surface area contributed by atoms with E-state index in [1.54, 1.807) is 24.3 Å². The molecule has 1 atom stereocenters. The highest BCUT2D eigenvalue weighted by atomic mass is 16.3. The Morgan fingerprint density at radius 3 is 2.19 bits per heavy atom. The predicted molar refractivity (Wildman–Crippen MR) is 101 cm³/mol. The van der Waals surface area contributed by atoms with E-state index in [1.807, 2.05) is 60.7 Å². The van der Waals surface area contributed by atoms with Crippen molar-refractivity contribution >= 4 is 11.6 Å². The van der Waals surface area contributed by atoms with E-state index in [-0.39, 0.29) is 17.7 Å². The quantitative estimate of drug-likeness (QED) is 0.768. The third kappa shape index (κ3) is 2.97. The van der Waals surface area contributed by atoms with E-state index in [0.29, 0.717) is 17.5 Å². The van der Waals surface area contributed by atoms with Gasteiger partial charge in [-0.05, 0) is 23.8 Å². The van der Waals surface area contributed by atoms with Crippen LogP contribution in [0.15, 0.2) is 90.0 Å². The van der Waals surface area contributed by atoms with Crippen molar-refractivity contribution in [3.63, 3.8) is 0 Å². The zero-order chi connectivity index (χ0) is 17.9. The summed E-state index contributed by atoms with van der Waals surface area (Å²) in [6.07, 6.45) is 0.556. The third-order valence-corrected chi connectivity index (χ3v) is 4.54. The fourth-order valence-electron chi connectivity index (χ4n) is 3.23. The number of nitrogens with zero attached hydrogens (tertiary/aromatic N) is 2. The molecule has 1 heterocycles. The number of phenols is 1. The zero-order valence-electron chi connectivity index (χ0n) is 14.1. The van der Waals surface area contributed by atoms with Crippen molar-refractivity contribution in [3.05, 3.63) is 102 Å². The van der Waals surface area contributed by atoms with Gasteiger partial charge in [-0.15, -0.1) is 0 Å². The second kappa shape index (κ2) is 6.84. The normalized spacial score (nSPS) is 16.4. The highest BCUT2D eigenvalue weighted by molar-refractivity contribution is 6.05. The van der Waals surface area contributed by atoms with Gasteiger partial charge >= 0.3 is 0 Å². The molecule has 3 aromatic rings. The van der Waals surface area contributed by atoms with E-state index in [1.165, 1.54) is 5.01 Å². The number of hydrogen-bond acceptors (Lipinski definition) is 3. The van der Waals surface area contributed by atoms with Gasteiger partial charge in [0.2, 0.25) is 0 Å². The van der Waals surface area contributed by atoms with Crippen LogP contribution in [0.4, 0.5) is 0 Å². The number of hydrogen-bond donors (Lipinski definition) is 1. The van der Waals surface area contributed by atoms with Crippen molar-refractivity contribution in [1.29, 1.82) is 0 Å². The van der Waals surface area contributed by atoms with E-state index in [9.17, 15) is 9.90 Å². The maximum absolute atomic E-state index is 13.1. The molecular formula is C22H18N2O2. The minimum atomic E-state index is -0.334. The molecular weight excluding hydrogens is 324 g/mol. The summed E-state index contributed by atoms with van der Waals surface area (Å²) in [5.74, 6) is -0.00217. The molecule has 0 fully saturated rings. The maximum atomic E-state index is 13.1.